The highest BCUT2D eigenvalue weighted by Crippen LogP contribution is 2.08. The van der Waals surface area contributed by atoms with Crippen molar-refractivity contribution in [3.05, 3.63) is 18.2 Å². The molecule has 0 amide bonds. The van der Waals surface area contributed by atoms with Gasteiger partial charge in [0.15, 0.2) is 0 Å². The Balaban J connectivity index is 2.63. The molecular weight excluding hydrogens is 202 g/mol. The van der Waals surface area contributed by atoms with Crippen LogP contribution in [0.5, 0.6) is 0 Å². The Kier molecular flexibility index (Phi) is 4.50. The molecule has 4 nitrogen and oxygen atoms in total. The average Bonchev–Trinajstić information content (AvgIpc) is 2.62. The average molecular weight is 225 g/mol. The van der Waals surface area contributed by atoms with Crippen molar-refractivity contribution in [2.75, 3.05) is 13.1 Å². The standard InChI is InChI=1S/C12H23N3O/c1-5-14(10-12(3,4)16)9-11-13-7-8-15(11)6-2/h7-8,16H,5-6,9-10H2,1-4H3. The summed E-state index contributed by atoms with van der Waals surface area (Å²) in [5.41, 5.74) is -0.653. The number of nitrogens with zero attached hydrogens (tertiary/aromatic N) is 3. The third kappa shape index (κ3) is 3.94. The first-order valence-corrected chi connectivity index (χ1v) is 5.91. The summed E-state index contributed by atoms with van der Waals surface area (Å²) in [5.74, 6) is 1.06. The Morgan fingerprint density at radius 2 is 2.12 bits per heavy atom. The van der Waals surface area contributed by atoms with Crippen LogP contribution in [0.15, 0.2) is 12.4 Å². The summed E-state index contributed by atoms with van der Waals surface area (Å²) >= 11 is 0. The molecule has 0 aromatic carbocycles. The van der Waals surface area contributed by atoms with Crippen LogP contribution in [0, 0.1) is 0 Å². The summed E-state index contributed by atoms with van der Waals surface area (Å²) in [7, 11) is 0. The Morgan fingerprint density at radius 3 is 2.62 bits per heavy atom. The first kappa shape index (κ1) is 13.2. The maximum atomic E-state index is 9.81. The monoisotopic (exact) mass is 225 g/mol. The van der Waals surface area contributed by atoms with Crippen LogP contribution in [0.2, 0.25) is 0 Å². The summed E-state index contributed by atoms with van der Waals surface area (Å²) in [6.45, 7) is 11.2. The SMILES string of the molecule is CCN(Cc1nccn1CC)CC(C)(C)O. The highest BCUT2D eigenvalue weighted by molar-refractivity contribution is 4.92. The molecule has 0 atom stereocenters. The van der Waals surface area contributed by atoms with Crippen molar-refractivity contribution in [2.45, 2.75) is 46.4 Å². The van der Waals surface area contributed by atoms with E-state index in [4.69, 9.17) is 0 Å². The maximum Gasteiger partial charge on any atom is 0.122 e. The predicted molar refractivity (Wildman–Crippen MR) is 65.1 cm³/mol. The molecule has 0 aliphatic heterocycles. The van der Waals surface area contributed by atoms with Crippen molar-refractivity contribution < 1.29 is 5.11 Å². The largest absolute Gasteiger partial charge is 0.389 e. The molecule has 0 aliphatic rings. The second-order valence-corrected chi connectivity index (χ2v) is 4.75. The molecule has 0 aliphatic carbocycles. The van der Waals surface area contributed by atoms with Gasteiger partial charge in [0.05, 0.1) is 12.1 Å². The Bertz CT molecular complexity index is 314. The van der Waals surface area contributed by atoms with Crippen molar-refractivity contribution in [1.29, 1.82) is 0 Å². The topological polar surface area (TPSA) is 41.3 Å². The minimum atomic E-state index is -0.653. The zero-order valence-corrected chi connectivity index (χ0v) is 10.8. The van der Waals surface area contributed by atoms with Crippen molar-refractivity contribution in [1.82, 2.24) is 14.5 Å². The first-order chi connectivity index (χ1) is 7.46. The quantitative estimate of drug-likeness (QED) is 0.797. The van der Waals surface area contributed by atoms with Crippen LogP contribution in [0.1, 0.15) is 33.5 Å². The molecule has 0 radical (unpaired) electrons. The molecule has 16 heavy (non-hydrogen) atoms. The number of aromatic nitrogens is 2. The molecule has 1 heterocycles. The second kappa shape index (κ2) is 5.46. The van der Waals surface area contributed by atoms with Gasteiger partial charge in [0.1, 0.15) is 5.82 Å². The summed E-state index contributed by atoms with van der Waals surface area (Å²) in [4.78, 5) is 6.55. The van der Waals surface area contributed by atoms with Crippen LogP contribution in [0.25, 0.3) is 0 Å². The van der Waals surface area contributed by atoms with E-state index in [1.165, 1.54) is 0 Å². The smallest absolute Gasteiger partial charge is 0.122 e. The van der Waals surface area contributed by atoms with Crippen LogP contribution in [0.3, 0.4) is 0 Å². The van der Waals surface area contributed by atoms with Gasteiger partial charge in [-0.2, -0.15) is 0 Å². The fraction of sp³-hybridized carbons (Fsp3) is 0.750. The van der Waals surface area contributed by atoms with Crippen molar-refractivity contribution in [2.24, 2.45) is 0 Å². The molecule has 0 unspecified atom stereocenters. The van der Waals surface area contributed by atoms with Gasteiger partial charge in [-0.25, -0.2) is 4.98 Å². The van der Waals surface area contributed by atoms with E-state index in [0.29, 0.717) is 6.54 Å². The van der Waals surface area contributed by atoms with Gasteiger partial charge in [0, 0.05) is 25.5 Å². The molecule has 0 spiro atoms. The lowest BCUT2D eigenvalue weighted by Gasteiger charge is -2.27. The van der Waals surface area contributed by atoms with E-state index in [1.54, 1.807) is 0 Å². The van der Waals surface area contributed by atoms with Crippen LogP contribution < -0.4 is 0 Å². The summed E-state index contributed by atoms with van der Waals surface area (Å²) < 4.78 is 2.13. The van der Waals surface area contributed by atoms with E-state index in [1.807, 2.05) is 26.2 Å². The third-order valence-corrected chi connectivity index (χ3v) is 2.57. The van der Waals surface area contributed by atoms with Crippen LogP contribution in [-0.2, 0) is 13.1 Å². The lowest BCUT2D eigenvalue weighted by Crippen LogP contribution is -2.38. The van der Waals surface area contributed by atoms with E-state index < -0.39 is 5.60 Å². The molecule has 1 N–H and O–H groups in total. The van der Waals surface area contributed by atoms with Crippen molar-refractivity contribution >= 4 is 0 Å². The molecule has 1 aromatic heterocycles. The number of aliphatic hydroxyl groups is 1. The first-order valence-electron chi connectivity index (χ1n) is 5.91. The molecule has 1 rings (SSSR count). The van der Waals surface area contributed by atoms with E-state index in [0.717, 1.165) is 25.5 Å². The fourth-order valence-corrected chi connectivity index (χ4v) is 1.81. The Hall–Kier alpha value is -0.870. The van der Waals surface area contributed by atoms with Crippen LogP contribution in [0.4, 0.5) is 0 Å². The van der Waals surface area contributed by atoms with Gasteiger partial charge in [-0.05, 0) is 27.3 Å². The zero-order valence-electron chi connectivity index (χ0n) is 10.8. The van der Waals surface area contributed by atoms with Gasteiger partial charge in [0.2, 0.25) is 0 Å². The molecule has 0 saturated carbocycles. The van der Waals surface area contributed by atoms with Crippen molar-refractivity contribution in [3.8, 4) is 0 Å². The highest BCUT2D eigenvalue weighted by atomic mass is 16.3. The number of rotatable bonds is 6. The molecule has 4 heteroatoms. The molecular formula is C12H23N3O. The van der Waals surface area contributed by atoms with Gasteiger partial charge < -0.3 is 9.67 Å². The van der Waals surface area contributed by atoms with Gasteiger partial charge in [-0.3, -0.25) is 4.90 Å². The Labute approximate surface area is 97.9 Å². The number of imidazole rings is 1. The number of likely N-dealkylation sites (N-methyl/N-ethyl adjacent to an activating group) is 1. The van der Waals surface area contributed by atoms with Crippen molar-refractivity contribution in [3.63, 3.8) is 0 Å². The second-order valence-electron chi connectivity index (χ2n) is 4.75. The minimum absolute atomic E-state index is 0.653. The van der Waals surface area contributed by atoms with E-state index in [2.05, 4.69) is 28.3 Å². The van der Waals surface area contributed by atoms with E-state index in [9.17, 15) is 5.11 Å². The minimum Gasteiger partial charge on any atom is -0.389 e. The molecule has 92 valence electrons. The molecule has 0 bridgehead atoms. The highest BCUT2D eigenvalue weighted by Gasteiger charge is 2.18. The van der Waals surface area contributed by atoms with Crippen LogP contribution >= 0.6 is 0 Å². The number of hydrogen-bond donors (Lipinski definition) is 1. The van der Waals surface area contributed by atoms with Crippen LogP contribution in [-0.4, -0.2) is 38.2 Å². The van der Waals surface area contributed by atoms with E-state index in [-0.39, 0.29) is 0 Å². The summed E-state index contributed by atoms with van der Waals surface area (Å²) in [5, 5.41) is 9.81. The number of hydrogen-bond acceptors (Lipinski definition) is 3. The predicted octanol–water partition coefficient (Wildman–Crippen LogP) is 1.50. The third-order valence-electron chi connectivity index (χ3n) is 2.57. The maximum absolute atomic E-state index is 9.81. The zero-order chi connectivity index (χ0) is 12.2. The van der Waals surface area contributed by atoms with Gasteiger partial charge in [0.25, 0.3) is 0 Å². The lowest BCUT2D eigenvalue weighted by molar-refractivity contribution is 0.0342. The summed E-state index contributed by atoms with van der Waals surface area (Å²) in [6.07, 6.45) is 3.82. The van der Waals surface area contributed by atoms with Gasteiger partial charge >= 0.3 is 0 Å². The van der Waals surface area contributed by atoms with Gasteiger partial charge in [-0.1, -0.05) is 6.92 Å². The van der Waals surface area contributed by atoms with Gasteiger partial charge in [-0.15, -0.1) is 0 Å². The summed E-state index contributed by atoms with van der Waals surface area (Å²) in [6, 6.07) is 0. The van der Waals surface area contributed by atoms with E-state index >= 15 is 0 Å². The molecule has 0 fully saturated rings. The molecule has 0 saturated heterocycles. The fourth-order valence-electron chi connectivity index (χ4n) is 1.81. The lowest BCUT2D eigenvalue weighted by atomic mass is 10.1. The molecule has 1 aromatic rings. The normalized spacial score (nSPS) is 12.4. The Morgan fingerprint density at radius 1 is 1.44 bits per heavy atom. The number of aryl methyl sites for hydroxylation is 1.